The molecule has 1 saturated heterocycles. The number of anilines is 1. The molecule has 0 radical (unpaired) electrons. The molecule has 84 valence electrons. The van der Waals surface area contributed by atoms with E-state index in [1.165, 1.54) is 12.1 Å². The van der Waals surface area contributed by atoms with Gasteiger partial charge in [0, 0.05) is 25.2 Å². The predicted molar refractivity (Wildman–Crippen MR) is 61.6 cm³/mol. The fourth-order valence-electron chi connectivity index (χ4n) is 2.22. The Bertz CT molecular complexity index is 380. The average Bonchev–Trinajstić information content (AvgIpc) is 2.76. The second kappa shape index (κ2) is 4.98. The zero-order chi connectivity index (χ0) is 11.4. The van der Waals surface area contributed by atoms with E-state index < -0.39 is 0 Å². The van der Waals surface area contributed by atoms with E-state index in [0.29, 0.717) is 12.3 Å². The molecule has 0 amide bonds. The molecule has 2 nitrogen and oxygen atoms in total. The topological polar surface area (TPSA) is 27.0 Å². The number of hydrogen-bond donors (Lipinski definition) is 0. The van der Waals surface area contributed by atoms with Gasteiger partial charge < -0.3 is 4.90 Å². The monoisotopic (exact) mass is 218 g/mol. The maximum Gasteiger partial charge on any atom is 0.123 e. The van der Waals surface area contributed by atoms with Crippen molar-refractivity contribution in [1.29, 1.82) is 5.26 Å². The average molecular weight is 218 g/mol. The number of nitriles is 1. The molecule has 0 bridgehead atoms. The summed E-state index contributed by atoms with van der Waals surface area (Å²) in [6, 6.07) is 8.83. The lowest BCUT2D eigenvalue weighted by atomic mass is 10.0. The Kier molecular flexibility index (Phi) is 3.40. The molecular formula is C13H15FN2. The van der Waals surface area contributed by atoms with Crippen LogP contribution in [-0.2, 0) is 0 Å². The highest BCUT2D eigenvalue weighted by molar-refractivity contribution is 5.47. The van der Waals surface area contributed by atoms with Gasteiger partial charge in [-0.3, -0.25) is 0 Å². The Morgan fingerprint density at radius 1 is 1.38 bits per heavy atom. The lowest BCUT2D eigenvalue weighted by Crippen LogP contribution is -2.19. The Labute approximate surface area is 95.3 Å². The van der Waals surface area contributed by atoms with Gasteiger partial charge in [0.2, 0.25) is 0 Å². The third kappa shape index (κ3) is 2.52. The summed E-state index contributed by atoms with van der Waals surface area (Å²) in [6.07, 6.45) is 2.76. The first kappa shape index (κ1) is 10.9. The van der Waals surface area contributed by atoms with Gasteiger partial charge in [-0.15, -0.1) is 0 Å². The largest absolute Gasteiger partial charge is 0.371 e. The van der Waals surface area contributed by atoms with Crippen LogP contribution in [0.1, 0.15) is 19.3 Å². The number of hydrogen-bond acceptors (Lipinski definition) is 2. The molecule has 1 heterocycles. The highest BCUT2D eigenvalue weighted by Gasteiger charge is 2.22. The van der Waals surface area contributed by atoms with Crippen LogP contribution in [0.25, 0.3) is 0 Å². The van der Waals surface area contributed by atoms with Gasteiger partial charge in [0.05, 0.1) is 6.07 Å². The van der Waals surface area contributed by atoms with Crippen LogP contribution in [0.4, 0.5) is 10.1 Å². The Morgan fingerprint density at radius 2 is 2.12 bits per heavy atom. The summed E-state index contributed by atoms with van der Waals surface area (Å²) in [6.45, 7) is 2.01. The minimum atomic E-state index is -0.191. The summed E-state index contributed by atoms with van der Waals surface area (Å²) >= 11 is 0. The number of rotatable bonds is 3. The molecule has 0 N–H and O–H groups in total. The lowest BCUT2D eigenvalue weighted by molar-refractivity contribution is 0.547. The van der Waals surface area contributed by atoms with E-state index in [9.17, 15) is 4.39 Å². The number of nitrogens with zero attached hydrogens (tertiary/aromatic N) is 2. The van der Waals surface area contributed by atoms with Gasteiger partial charge in [0.1, 0.15) is 5.82 Å². The van der Waals surface area contributed by atoms with E-state index in [1.54, 1.807) is 0 Å². The van der Waals surface area contributed by atoms with Gasteiger partial charge in [-0.05, 0) is 43.0 Å². The van der Waals surface area contributed by atoms with Gasteiger partial charge in [0.25, 0.3) is 0 Å². The van der Waals surface area contributed by atoms with E-state index >= 15 is 0 Å². The van der Waals surface area contributed by atoms with Crippen LogP contribution in [0.5, 0.6) is 0 Å². The zero-order valence-corrected chi connectivity index (χ0v) is 9.19. The summed E-state index contributed by atoms with van der Waals surface area (Å²) in [5, 5.41) is 8.53. The zero-order valence-electron chi connectivity index (χ0n) is 9.19. The molecular weight excluding hydrogens is 203 g/mol. The molecule has 1 atom stereocenters. The fraction of sp³-hybridized carbons (Fsp3) is 0.462. The smallest absolute Gasteiger partial charge is 0.123 e. The van der Waals surface area contributed by atoms with Crippen molar-refractivity contribution in [3.05, 3.63) is 30.1 Å². The van der Waals surface area contributed by atoms with Crippen molar-refractivity contribution in [2.24, 2.45) is 5.92 Å². The van der Waals surface area contributed by atoms with Crippen molar-refractivity contribution in [1.82, 2.24) is 0 Å². The molecule has 1 aliphatic heterocycles. The van der Waals surface area contributed by atoms with Crippen LogP contribution in [0.2, 0.25) is 0 Å². The molecule has 3 heteroatoms. The van der Waals surface area contributed by atoms with Crippen molar-refractivity contribution in [3.8, 4) is 6.07 Å². The summed E-state index contributed by atoms with van der Waals surface area (Å²) in [4.78, 5) is 2.27. The summed E-state index contributed by atoms with van der Waals surface area (Å²) in [5.41, 5.74) is 1.08. The molecule has 0 saturated carbocycles. The third-order valence-corrected chi connectivity index (χ3v) is 3.14. The van der Waals surface area contributed by atoms with Crippen molar-refractivity contribution in [2.75, 3.05) is 18.0 Å². The van der Waals surface area contributed by atoms with E-state index in [1.807, 2.05) is 12.1 Å². The van der Waals surface area contributed by atoms with Crippen LogP contribution >= 0.6 is 0 Å². The van der Waals surface area contributed by atoms with Gasteiger partial charge >= 0.3 is 0 Å². The molecule has 16 heavy (non-hydrogen) atoms. The first-order valence-corrected chi connectivity index (χ1v) is 5.67. The van der Waals surface area contributed by atoms with Crippen molar-refractivity contribution in [3.63, 3.8) is 0 Å². The van der Waals surface area contributed by atoms with E-state index in [2.05, 4.69) is 11.0 Å². The molecule has 0 aromatic heterocycles. The minimum Gasteiger partial charge on any atom is -0.371 e. The molecule has 0 spiro atoms. The van der Waals surface area contributed by atoms with E-state index in [-0.39, 0.29) is 5.82 Å². The van der Waals surface area contributed by atoms with E-state index in [0.717, 1.165) is 31.6 Å². The summed E-state index contributed by atoms with van der Waals surface area (Å²) in [7, 11) is 0. The van der Waals surface area contributed by atoms with Crippen LogP contribution < -0.4 is 4.90 Å². The van der Waals surface area contributed by atoms with Crippen LogP contribution in [0, 0.1) is 23.1 Å². The normalized spacial score (nSPS) is 19.8. The van der Waals surface area contributed by atoms with Crippen LogP contribution in [0.15, 0.2) is 24.3 Å². The Morgan fingerprint density at radius 3 is 2.81 bits per heavy atom. The first-order chi connectivity index (χ1) is 7.79. The number of benzene rings is 1. The lowest BCUT2D eigenvalue weighted by Gasteiger charge is -2.18. The van der Waals surface area contributed by atoms with Crippen molar-refractivity contribution >= 4 is 5.69 Å². The number of halogens is 1. The Balaban J connectivity index is 1.93. The van der Waals surface area contributed by atoms with Gasteiger partial charge in [-0.1, -0.05) is 0 Å². The Hall–Kier alpha value is -1.56. The third-order valence-electron chi connectivity index (χ3n) is 3.14. The van der Waals surface area contributed by atoms with Crippen LogP contribution in [0.3, 0.4) is 0 Å². The standard InChI is InChI=1S/C13H15FN2/c14-12-3-5-13(6-4-12)16-9-7-11(10-16)2-1-8-15/h3-6,11H,1-2,7,9-10H2. The van der Waals surface area contributed by atoms with E-state index in [4.69, 9.17) is 5.26 Å². The quantitative estimate of drug-likeness (QED) is 0.780. The second-order valence-corrected chi connectivity index (χ2v) is 4.27. The fourth-order valence-corrected chi connectivity index (χ4v) is 2.22. The molecule has 1 aliphatic rings. The first-order valence-electron chi connectivity index (χ1n) is 5.67. The molecule has 1 unspecified atom stereocenters. The molecule has 1 aromatic carbocycles. The van der Waals surface area contributed by atoms with Gasteiger partial charge in [0.15, 0.2) is 0 Å². The van der Waals surface area contributed by atoms with Crippen molar-refractivity contribution in [2.45, 2.75) is 19.3 Å². The second-order valence-electron chi connectivity index (χ2n) is 4.27. The van der Waals surface area contributed by atoms with Crippen LogP contribution in [-0.4, -0.2) is 13.1 Å². The van der Waals surface area contributed by atoms with Gasteiger partial charge in [-0.2, -0.15) is 5.26 Å². The highest BCUT2D eigenvalue weighted by atomic mass is 19.1. The summed E-state index contributed by atoms with van der Waals surface area (Å²) in [5.74, 6) is 0.425. The summed E-state index contributed by atoms with van der Waals surface area (Å²) < 4.78 is 12.8. The SMILES string of the molecule is N#CCCC1CCN(c2ccc(F)cc2)C1. The van der Waals surface area contributed by atoms with Gasteiger partial charge in [-0.25, -0.2) is 4.39 Å². The molecule has 1 fully saturated rings. The maximum atomic E-state index is 12.8. The predicted octanol–water partition coefficient (Wildman–Crippen LogP) is 2.96. The molecule has 2 rings (SSSR count). The molecule has 1 aromatic rings. The minimum absolute atomic E-state index is 0.191. The highest BCUT2D eigenvalue weighted by Crippen LogP contribution is 2.26. The molecule has 0 aliphatic carbocycles. The van der Waals surface area contributed by atoms with Crippen molar-refractivity contribution < 1.29 is 4.39 Å². The maximum absolute atomic E-state index is 12.8.